The standard InChI is InChI=1S/C20H26ClN/c1-15(2)22(13-18-8-6-5-7-9-18)14-20(21)19-11-10-16(3)17(4)12-19/h5-12,15,20H,13-14H2,1-4H3. The molecule has 0 saturated carbocycles. The second-order valence-electron chi connectivity index (χ2n) is 6.32. The van der Waals surface area contributed by atoms with Gasteiger partial charge in [-0.25, -0.2) is 0 Å². The molecule has 0 aliphatic heterocycles. The Morgan fingerprint density at radius 3 is 2.23 bits per heavy atom. The van der Waals surface area contributed by atoms with Gasteiger partial charge in [0.2, 0.25) is 0 Å². The lowest BCUT2D eigenvalue weighted by Crippen LogP contribution is -2.33. The second kappa shape index (κ2) is 7.80. The predicted octanol–water partition coefficient (Wildman–Crippen LogP) is 5.49. The minimum atomic E-state index is 0.0189. The molecule has 0 saturated heterocycles. The van der Waals surface area contributed by atoms with E-state index in [2.05, 4.69) is 81.1 Å². The van der Waals surface area contributed by atoms with E-state index in [0.717, 1.165) is 13.1 Å². The summed E-state index contributed by atoms with van der Waals surface area (Å²) in [5.74, 6) is 0. The number of hydrogen-bond donors (Lipinski definition) is 0. The highest BCUT2D eigenvalue weighted by Gasteiger charge is 2.17. The fourth-order valence-electron chi connectivity index (χ4n) is 2.55. The monoisotopic (exact) mass is 315 g/mol. The first kappa shape index (κ1) is 17.1. The van der Waals surface area contributed by atoms with Crippen LogP contribution in [0, 0.1) is 13.8 Å². The molecule has 0 aliphatic rings. The van der Waals surface area contributed by atoms with Crippen molar-refractivity contribution >= 4 is 11.6 Å². The molecule has 2 rings (SSSR count). The zero-order valence-corrected chi connectivity index (χ0v) is 14.8. The van der Waals surface area contributed by atoms with Crippen molar-refractivity contribution in [3.63, 3.8) is 0 Å². The largest absolute Gasteiger partial charge is 0.295 e. The van der Waals surface area contributed by atoms with Gasteiger partial charge in [-0.3, -0.25) is 4.90 Å². The molecular weight excluding hydrogens is 290 g/mol. The van der Waals surface area contributed by atoms with Crippen LogP contribution >= 0.6 is 11.6 Å². The van der Waals surface area contributed by atoms with Gasteiger partial charge < -0.3 is 0 Å². The molecule has 0 aliphatic carbocycles. The molecule has 1 unspecified atom stereocenters. The lowest BCUT2D eigenvalue weighted by Gasteiger charge is -2.29. The summed E-state index contributed by atoms with van der Waals surface area (Å²) in [7, 11) is 0. The van der Waals surface area contributed by atoms with Crippen LogP contribution in [-0.4, -0.2) is 17.5 Å². The van der Waals surface area contributed by atoms with Crippen LogP contribution < -0.4 is 0 Å². The Hall–Kier alpha value is -1.31. The van der Waals surface area contributed by atoms with Crippen molar-refractivity contribution < 1.29 is 0 Å². The molecule has 22 heavy (non-hydrogen) atoms. The maximum atomic E-state index is 6.69. The molecule has 0 aromatic heterocycles. The molecule has 2 heteroatoms. The van der Waals surface area contributed by atoms with Crippen molar-refractivity contribution in [1.29, 1.82) is 0 Å². The summed E-state index contributed by atoms with van der Waals surface area (Å²) < 4.78 is 0. The third-order valence-electron chi connectivity index (χ3n) is 4.25. The van der Waals surface area contributed by atoms with Gasteiger partial charge in [-0.2, -0.15) is 0 Å². The van der Waals surface area contributed by atoms with Crippen LogP contribution in [0.25, 0.3) is 0 Å². The minimum Gasteiger partial charge on any atom is -0.295 e. The van der Waals surface area contributed by atoms with Crippen molar-refractivity contribution in [2.45, 2.75) is 45.7 Å². The number of aryl methyl sites for hydroxylation is 2. The molecule has 118 valence electrons. The molecule has 0 bridgehead atoms. The molecule has 1 nitrogen and oxygen atoms in total. The summed E-state index contributed by atoms with van der Waals surface area (Å²) in [4.78, 5) is 2.43. The highest BCUT2D eigenvalue weighted by molar-refractivity contribution is 6.21. The maximum absolute atomic E-state index is 6.69. The number of halogens is 1. The highest BCUT2D eigenvalue weighted by atomic mass is 35.5. The fourth-order valence-corrected chi connectivity index (χ4v) is 2.86. The first-order chi connectivity index (χ1) is 10.5. The van der Waals surface area contributed by atoms with Gasteiger partial charge >= 0.3 is 0 Å². The van der Waals surface area contributed by atoms with E-state index in [4.69, 9.17) is 11.6 Å². The van der Waals surface area contributed by atoms with E-state index in [1.54, 1.807) is 0 Å². The van der Waals surface area contributed by atoms with Gasteiger partial charge in [0.1, 0.15) is 0 Å². The molecule has 0 amide bonds. The topological polar surface area (TPSA) is 3.24 Å². The van der Waals surface area contributed by atoms with Crippen LogP contribution in [0.15, 0.2) is 48.5 Å². The van der Waals surface area contributed by atoms with Crippen molar-refractivity contribution in [3.05, 3.63) is 70.8 Å². The zero-order valence-electron chi connectivity index (χ0n) is 14.0. The van der Waals surface area contributed by atoms with Crippen LogP contribution in [-0.2, 0) is 6.54 Å². The van der Waals surface area contributed by atoms with E-state index in [1.807, 2.05) is 0 Å². The Balaban J connectivity index is 2.08. The first-order valence-electron chi connectivity index (χ1n) is 7.96. The molecule has 2 aromatic carbocycles. The second-order valence-corrected chi connectivity index (χ2v) is 6.85. The quantitative estimate of drug-likeness (QED) is 0.637. The van der Waals surface area contributed by atoms with Crippen LogP contribution in [0.3, 0.4) is 0 Å². The summed E-state index contributed by atoms with van der Waals surface area (Å²) in [5.41, 5.74) is 5.17. The first-order valence-corrected chi connectivity index (χ1v) is 8.40. The molecular formula is C20H26ClN. The van der Waals surface area contributed by atoms with Crippen LogP contribution in [0.4, 0.5) is 0 Å². The van der Waals surface area contributed by atoms with E-state index < -0.39 is 0 Å². The number of rotatable bonds is 6. The summed E-state index contributed by atoms with van der Waals surface area (Å²) >= 11 is 6.69. The number of nitrogens with zero attached hydrogens (tertiary/aromatic N) is 1. The third kappa shape index (κ3) is 4.59. The summed E-state index contributed by atoms with van der Waals surface area (Å²) in [6, 6.07) is 17.6. The molecule has 0 N–H and O–H groups in total. The maximum Gasteiger partial charge on any atom is 0.0712 e. The van der Waals surface area contributed by atoms with Gasteiger partial charge in [0.25, 0.3) is 0 Å². The smallest absolute Gasteiger partial charge is 0.0712 e. The minimum absolute atomic E-state index is 0.0189. The zero-order chi connectivity index (χ0) is 16.1. The molecule has 0 fully saturated rings. The fraction of sp³-hybridized carbons (Fsp3) is 0.400. The van der Waals surface area contributed by atoms with E-state index in [0.29, 0.717) is 6.04 Å². The highest BCUT2D eigenvalue weighted by Crippen LogP contribution is 2.25. The number of benzene rings is 2. The van der Waals surface area contributed by atoms with Gasteiger partial charge in [-0.05, 0) is 49.9 Å². The van der Waals surface area contributed by atoms with Crippen molar-refractivity contribution in [2.24, 2.45) is 0 Å². The third-order valence-corrected chi connectivity index (χ3v) is 4.64. The van der Waals surface area contributed by atoms with Gasteiger partial charge in [0.05, 0.1) is 5.38 Å². The normalized spacial score (nSPS) is 12.9. The van der Waals surface area contributed by atoms with E-state index in [1.165, 1.54) is 22.3 Å². The average molecular weight is 316 g/mol. The molecule has 0 spiro atoms. The Bertz CT molecular complexity index is 592. The van der Waals surface area contributed by atoms with E-state index in [-0.39, 0.29) is 5.38 Å². The number of hydrogen-bond acceptors (Lipinski definition) is 1. The van der Waals surface area contributed by atoms with E-state index >= 15 is 0 Å². The molecule has 1 atom stereocenters. The van der Waals surface area contributed by atoms with Crippen molar-refractivity contribution in [1.82, 2.24) is 4.90 Å². The van der Waals surface area contributed by atoms with Gasteiger partial charge in [-0.1, -0.05) is 48.5 Å². The van der Waals surface area contributed by atoms with Crippen LogP contribution in [0.5, 0.6) is 0 Å². The molecule has 0 radical (unpaired) electrons. The Labute approximate surface area is 139 Å². The van der Waals surface area contributed by atoms with Gasteiger partial charge in [0.15, 0.2) is 0 Å². The molecule has 2 aromatic rings. The summed E-state index contributed by atoms with van der Waals surface area (Å²) in [5, 5.41) is 0.0189. The van der Waals surface area contributed by atoms with Crippen molar-refractivity contribution in [2.75, 3.05) is 6.54 Å². The SMILES string of the molecule is Cc1ccc(C(Cl)CN(Cc2ccccc2)C(C)C)cc1C. The molecule has 0 heterocycles. The van der Waals surface area contributed by atoms with Gasteiger partial charge in [-0.15, -0.1) is 11.6 Å². The van der Waals surface area contributed by atoms with Crippen LogP contribution in [0.2, 0.25) is 0 Å². The van der Waals surface area contributed by atoms with Crippen LogP contribution in [0.1, 0.15) is 41.5 Å². The lowest BCUT2D eigenvalue weighted by molar-refractivity contribution is 0.213. The average Bonchev–Trinajstić information content (AvgIpc) is 2.50. The Kier molecular flexibility index (Phi) is 6.05. The van der Waals surface area contributed by atoms with E-state index in [9.17, 15) is 0 Å². The number of alkyl halides is 1. The Morgan fingerprint density at radius 2 is 1.64 bits per heavy atom. The van der Waals surface area contributed by atoms with Crippen molar-refractivity contribution in [3.8, 4) is 0 Å². The van der Waals surface area contributed by atoms with Gasteiger partial charge in [0, 0.05) is 19.1 Å². The lowest BCUT2D eigenvalue weighted by atomic mass is 10.0. The predicted molar refractivity (Wildman–Crippen MR) is 96.5 cm³/mol. The summed E-state index contributed by atoms with van der Waals surface area (Å²) in [6.45, 7) is 10.5. The summed E-state index contributed by atoms with van der Waals surface area (Å²) in [6.07, 6.45) is 0. The Morgan fingerprint density at radius 1 is 0.955 bits per heavy atom.